The zero-order chi connectivity index (χ0) is 16.9. The summed E-state index contributed by atoms with van der Waals surface area (Å²) in [6, 6.07) is 9.64. The number of amides is 1. The third kappa shape index (κ3) is 1.98. The van der Waals surface area contributed by atoms with Crippen LogP contribution in [-0.4, -0.2) is 23.8 Å². The number of benzene rings is 1. The molecule has 2 aliphatic rings. The molecule has 0 bridgehead atoms. The average molecular weight is 336 g/mol. The van der Waals surface area contributed by atoms with E-state index in [-0.39, 0.29) is 11.9 Å². The normalized spacial score (nSPS) is 22.4. The van der Waals surface area contributed by atoms with Gasteiger partial charge in [0.1, 0.15) is 0 Å². The van der Waals surface area contributed by atoms with Crippen LogP contribution in [0, 0.1) is 6.57 Å². The first-order chi connectivity index (χ1) is 11.5. The van der Waals surface area contributed by atoms with E-state index in [0.29, 0.717) is 12.1 Å². The first-order valence-electron chi connectivity index (χ1n) is 7.80. The van der Waals surface area contributed by atoms with Gasteiger partial charge in [-0.15, -0.1) is 11.3 Å². The highest BCUT2D eigenvalue weighted by Crippen LogP contribution is 2.47. The minimum Gasteiger partial charge on any atom is -0.369 e. The van der Waals surface area contributed by atoms with E-state index in [9.17, 15) is 4.79 Å². The predicted molar refractivity (Wildman–Crippen MR) is 95.0 cm³/mol. The summed E-state index contributed by atoms with van der Waals surface area (Å²) >= 11 is 1.69. The summed E-state index contributed by atoms with van der Waals surface area (Å²) in [6.07, 6.45) is 2.57. The monoisotopic (exact) mass is 336 g/mol. The number of aryl methyl sites for hydroxylation is 1. The van der Waals surface area contributed by atoms with Gasteiger partial charge in [-0.3, -0.25) is 9.69 Å². The van der Waals surface area contributed by atoms with Gasteiger partial charge in [-0.2, -0.15) is 0 Å². The van der Waals surface area contributed by atoms with E-state index in [1.54, 1.807) is 24.5 Å². The molecule has 24 heavy (non-hydrogen) atoms. The number of nitrogens with zero attached hydrogens (tertiary/aromatic N) is 3. The highest BCUT2D eigenvalue weighted by atomic mass is 32.1. The van der Waals surface area contributed by atoms with Crippen molar-refractivity contribution in [3.63, 3.8) is 0 Å². The first-order valence-corrected chi connectivity index (χ1v) is 8.61. The van der Waals surface area contributed by atoms with Crippen LogP contribution in [0.4, 0.5) is 5.69 Å². The standard InChI is InChI=1S/C18H16N4OS/c1-20-12-6-3-5-11(9-12)15-10-13-14(24-15)7-4-8-18(13)16(23)22(2)17(19)21-18/h3,5-6,9-10H,4,7-8H2,2H3,(H2,19,21)/t18-/m0/s1. The summed E-state index contributed by atoms with van der Waals surface area (Å²) in [7, 11) is 1.68. The molecular weight excluding hydrogens is 320 g/mol. The van der Waals surface area contributed by atoms with Crippen LogP contribution in [-0.2, 0) is 16.8 Å². The lowest BCUT2D eigenvalue weighted by molar-refractivity contribution is -0.131. The Balaban J connectivity index is 1.85. The number of guanidine groups is 1. The molecule has 1 aliphatic carbocycles. The Morgan fingerprint density at radius 1 is 1.42 bits per heavy atom. The van der Waals surface area contributed by atoms with Crippen LogP contribution in [0.1, 0.15) is 23.3 Å². The quantitative estimate of drug-likeness (QED) is 0.812. The Bertz CT molecular complexity index is 923. The third-order valence-corrected chi connectivity index (χ3v) is 6.01. The maximum atomic E-state index is 12.8. The number of hydrogen-bond acceptors (Lipinski definition) is 4. The Labute approximate surface area is 144 Å². The van der Waals surface area contributed by atoms with Crippen molar-refractivity contribution >= 4 is 28.9 Å². The molecule has 0 unspecified atom stereocenters. The van der Waals surface area contributed by atoms with Crippen molar-refractivity contribution < 1.29 is 4.79 Å². The van der Waals surface area contributed by atoms with Gasteiger partial charge in [0, 0.05) is 22.4 Å². The highest BCUT2D eigenvalue weighted by molar-refractivity contribution is 7.15. The third-order valence-electron chi connectivity index (χ3n) is 4.76. The summed E-state index contributed by atoms with van der Waals surface area (Å²) in [5, 5.41) is 0. The molecule has 6 heteroatoms. The van der Waals surface area contributed by atoms with Crippen molar-refractivity contribution in [1.29, 1.82) is 0 Å². The fourth-order valence-corrected chi connectivity index (χ4v) is 4.78. The zero-order valence-electron chi connectivity index (χ0n) is 13.2. The van der Waals surface area contributed by atoms with E-state index in [0.717, 1.165) is 28.8 Å². The number of fused-ring (bicyclic) bond motifs is 2. The van der Waals surface area contributed by atoms with E-state index in [1.165, 1.54) is 9.78 Å². The van der Waals surface area contributed by atoms with Crippen LogP contribution in [0.15, 0.2) is 35.3 Å². The molecule has 0 radical (unpaired) electrons. The van der Waals surface area contributed by atoms with Gasteiger partial charge in [0.15, 0.2) is 17.2 Å². The number of carbonyl (C=O) groups is 1. The van der Waals surface area contributed by atoms with Crippen molar-refractivity contribution in [1.82, 2.24) is 4.90 Å². The van der Waals surface area contributed by atoms with Crippen LogP contribution < -0.4 is 5.73 Å². The molecule has 1 amide bonds. The molecule has 4 rings (SSSR count). The number of aliphatic imine (C=N–C) groups is 1. The van der Waals surface area contributed by atoms with Gasteiger partial charge in [0.2, 0.25) is 0 Å². The number of rotatable bonds is 1. The lowest BCUT2D eigenvalue weighted by Gasteiger charge is -2.29. The van der Waals surface area contributed by atoms with Gasteiger partial charge in [-0.1, -0.05) is 18.2 Å². The van der Waals surface area contributed by atoms with Gasteiger partial charge in [0.05, 0.1) is 6.57 Å². The van der Waals surface area contributed by atoms with E-state index in [4.69, 9.17) is 12.3 Å². The second-order valence-corrected chi connectivity index (χ2v) is 7.29. The maximum Gasteiger partial charge on any atom is 0.261 e. The molecular formula is C18H16N4OS. The van der Waals surface area contributed by atoms with Gasteiger partial charge in [-0.05, 0) is 37.0 Å². The van der Waals surface area contributed by atoms with Crippen LogP contribution >= 0.6 is 11.3 Å². The summed E-state index contributed by atoms with van der Waals surface area (Å²) < 4.78 is 0. The second-order valence-electron chi connectivity index (χ2n) is 6.16. The molecule has 0 fully saturated rings. The lowest BCUT2D eigenvalue weighted by Crippen LogP contribution is -2.41. The van der Waals surface area contributed by atoms with Gasteiger partial charge in [0.25, 0.3) is 5.91 Å². The molecule has 0 saturated carbocycles. The Hall–Kier alpha value is -2.65. The predicted octanol–water partition coefficient (Wildman–Crippen LogP) is 3.28. The van der Waals surface area contributed by atoms with Gasteiger partial charge in [-0.25, -0.2) is 9.84 Å². The van der Waals surface area contributed by atoms with Crippen molar-refractivity contribution in [2.75, 3.05) is 7.05 Å². The number of nitrogens with two attached hydrogens (primary N) is 1. The summed E-state index contributed by atoms with van der Waals surface area (Å²) in [4.78, 5) is 24.6. The summed E-state index contributed by atoms with van der Waals surface area (Å²) in [6.45, 7) is 7.18. The lowest BCUT2D eigenvalue weighted by atomic mass is 9.80. The summed E-state index contributed by atoms with van der Waals surface area (Å²) in [5.41, 5.74) is 7.68. The number of hydrogen-bond donors (Lipinski definition) is 1. The van der Waals surface area contributed by atoms with E-state index >= 15 is 0 Å². The first kappa shape index (κ1) is 14.9. The summed E-state index contributed by atoms with van der Waals surface area (Å²) in [5.74, 6) is 0.246. The van der Waals surface area contributed by atoms with Crippen LogP contribution in [0.5, 0.6) is 0 Å². The number of likely N-dealkylation sites (N-methyl/N-ethyl adjacent to an activating group) is 1. The molecule has 1 aromatic carbocycles. The van der Waals surface area contributed by atoms with Crippen LogP contribution in [0.25, 0.3) is 15.3 Å². The van der Waals surface area contributed by atoms with Crippen molar-refractivity contribution in [2.24, 2.45) is 10.7 Å². The fraction of sp³-hybridized carbons (Fsp3) is 0.278. The molecule has 5 nitrogen and oxygen atoms in total. The average Bonchev–Trinajstić information content (AvgIpc) is 3.13. The second kappa shape index (κ2) is 5.18. The molecule has 2 N–H and O–H groups in total. The molecule has 120 valence electrons. The zero-order valence-corrected chi connectivity index (χ0v) is 14.1. The highest BCUT2D eigenvalue weighted by Gasteiger charge is 2.50. The molecule has 2 heterocycles. The Morgan fingerprint density at radius 3 is 2.96 bits per heavy atom. The fourth-order valence-electron chi connectivity index (χ4n) is 3.51. The van der Waals surface area contributed by atoms with E-state index in [2.05, 4.69) is 15.9 Å². The maximum absolute atomic E-state index is 12.8. The van der Waals surface area contributed by atoms with Gasteiger partial charge < -0.3 is 5.73 Å². The SMILES string of the molecule is [C-]#[N+]c1cccc(-c2cc3c(s2)CCC[C@]32N=C(N)N(C)C2=O)c1. The Kier molecular flexibility index (Phi) is 3.22. The Morgan fingerprint density at radius 2 is 2.25 bits per heavy atom. The number of thiophene rings is 1. The van der Waals surface area contributed by atoms with E-state index < -0.39 is 5.54 Å². The molecule has 1 atom stereocenters. The minimum atomic E-state index is -0.849. The molecule has 1 aliphatic heterocycles. The van der Waals surface area contributed by atoms with Gasteiger partial charge >= 0.3 is 0 Å². The molecule has 2 aromatic rings. The van der Waals surface area contributed by atoms with Crippen molar-refractivity contribution in [2.45, 2.75) is 24.8 Å². The van der Waals surface area contributed by atoms with Crippen molar-refractivity contribution in [3.8, 4) is 10.4 Å². The number of carbonyl (C=O) groups excluding carboxylic acids is 1. The molecule has 1 aromatic heterocycles. The van der Waals surface area contributed by atoms with Crippen molar-refractivity contribution in [3.05, 3.63) is 52.2 Å². The van der Waals surface area contributed by atoms with Crippen LogP contribution in [0.2, 0.25) is 0 Å². The van der Waals surface area contributed by atoms with E-state index in [1.807, 2.05) is 18.2 Å². The smallest absolute Gasteiger partial charge is 0.261 e. The molecule has 1 spiro atoms. The minimum absolute atomic E-state index is 0.0415. The largest absolute Gasteiger partial charge is 0.369 e. The topological polar surface area (TPSA) is 63.0 Å². The van der Waals surface area contributed by atoms with Crippen LogP contribution in [0.3, 0.4) is 0 Å². The molecule has 0 saturated heterocycles.